The fraction of sp³-hybridized carbons (Fsp3) is 0.810. The van der Waals surface area contributed by atoms with Crippen LogP contribution in [-0.2, 0) is 14.3 Å². The van der Waals surface area contributed by atoms with Gasteiger partial charge in [0.2, 0.25) is 5.91 Å². The van der Waals surface area contributed by atoms with Gasteiger partial charge in [-0.15, -0.1) is 0 Å². The van der Waals surface area contributed by atoms with E-state index in [4.69, 9.17) is 4.74 Å². The van der Waals surface area contributed by atoms with E-state index in [1.165, 1.54) is 161 Å². The minimum absolute atomic E-state index is 0.0629. The van der Waals surface area contributed by atoms with Crippen LogP contribution in [0, 0.1) is 0 Å². The molecule has 0 radical (unpaired) electrons. The Morgan fingerprint density at radius 2 is 0.739 bits per heavy atom. The van der Waals surface area contributed by atoms with Crippen molar-refractivity contribution >= 4 is 11.9 Å². The summed E-state index contributed by atoms with van der Waals surface area (Å²) in [5.74, 6) is -0.498. The van der Waals surface area contributed by atoms with Crippen LogP contribution >= 0.6 is 0 Å². The second kappa shape index (κ2) is 56.5. The Morgan fingerprint density at radius 3 is 1.14 bits per heavy atom. The van der Waals surface area contributed by atoms with Gasteiger partial charge in [0.1, 0.15) is 6.10 Å². The van der Waals surface area contributed by atoms with E-state index < -0.39 is 18.2 Å². The molecule has 0 aliphatic heterocycles. The SMILES string of the molecule is CCCCC/C=C\C/C=C\C/C=C\CCCCCCC(=O)OC(CCCCCCCCC/C=C\C/C=C\CCCCC)CC(=O)NC(CO)C(O)CCCCCCCCCCCCCCCCCC. The summed E-state index contributed by atoms with van der Waals surface area (Å²) in [6.07, 6.45) is 71.4. The zero-order chi connectivity index (χ0) is 50.2. The Kier molecular flexibility index (Phi) is 54.5. The smallest absolute Gasteiger partial charge is 0.306 e. The third-order valence-corrected chi connectivity index (χ3v) is 13.6. The van der Waals surface area contributed by atoms with Crippen LogP contribution in [0.25, 0.3) is 0 Å². The highest BCUT2D eigenvalue weighted by atomic mass is 16.5. The van der Waals surface area contributed by atoms with E-state index in [1.54, 1.807) is 0 Å². The molecule has 0 spiro atoms. The molecule has 3 unspecified atom stereocenters. The lowest BCUT2D eigenvalue weighted by molar-refractivity contribution is -0.151. The van der Waals surface area contributed by atoms with Gasteiger partial charge in [-0.2, -0.15) is 0 Å². The maximum atomic E-state index is 13.3. The number of unbranched alkanes of at least 4 members (excludes halogenated alkanes) is 32. The Balaban J connectivity index is 4.60. The van der Waals surface area contributed by atoms with Gasteiger partial charge in [-0.05, 0) is 96.3 Å². The molecule has 0 aliphatic rings. The molecule has 0 bridgehead atoms. The van der Waals surface area contributed by atoms with Crippen molar-refractivity contribution in [3.05, 3.63) is 60.8 Å². The first kappa shape index (κ1) is 66.6. The Bertz CT molecular complexity index is 1220. The molecule has 0 aromatic rings. The van der Waals surface area contributed by atoms with Crippen molar-refractivity contribution in [2.75, 3.05) is 6.61 Å². The molecule has 0 saturated carbocycles. The van der Waals surface area contributed by atoms with Gasteiger partial charge in [0.15, 0.2) is 0 Å². The van der Waals surface area contributed by atoms with Crippen LogP contribution in [0.4, 0.5) is 0 Å². The van der Waals surface area contributed by atoms with Crippen molar-refractivity contribution in [1.82, 2.24) is 5.32 Å². The van der Waals surface area contributed by atoms with Gasteiger partial charge in [-0.3, -0.25) is 9.59 Å². The second-order valence-corrected chi connectivity index (χ2v) is 20.4. The highest BCUT2D eigenvalue weighted by Gasteiger charge is 2.24. The van der Waals surface area contributed by atoms with E-state index in [0.717, 1.165) is 96.3 Å². The van der Waals surface area contributed by atoms with Crippen molar-refractivity contribution in [3.8, 4) is 0 Å². The monoisotopic (exact) mass is 966 g/mol. The van der Waals surface area contributed by atoms with Crippen LogP contribution in [0.1, 0.15) is 303 Å². The molecular formula is C63H115NO5. The second-order valence-electron chi connectivity index (χ2n) is 20.4. The molecule has 1 amide bonds. The van der Waals surface area contributed by atoms with Gasteiger partial charge >= 0.3 is 5.97 Å². The zero-order valence-corrected chi connectivity index (χ0v) is 45.9. The minimum Gasteiger partial charge on any atom is -0.462 e. The first-order valence-electron chi connectivity index (χ1n) is 30.0. The molecule has 69 heavy (non-hydrogen) atoms. The van der Waals surface area contributed by atoms with Crippen LogP contribution in [0.2, 0.25) is 0 Å². The lowest BCUT2D eigenvalue weighted by Gasteiger charge is -2.24. The lowest BCUT2D eigenvalue weighted by Crippen LogP contribution is -2.46. The van der Waals surface area contributed by atoms with Gasteiger partial charge in [0.25, 0.3) is 0 Å². The molecule has 0 aromatic heterocycles. The highest BCUT2D eigenvalue weighted by molar-refractivity contribution is 5.77. The highest BCUT2D eigenvalue weighted by Crippen LogP contribution is 2.18. The van der Waals surface area contributed by atoms with Crippen molar-refractivity contribution in [1.29, 1.82) is 0 Å². The first-order valence-corrected chi connectivity index (χ1v) is 30.0. The van der Waals surface area contributed by atoms with Gasteiger partial charge in [0, 0.05) is 6.42 Å². The number of nitrogens with one attached hydrogen (secondary N) is 1. The summed E-state index contributed by atoms with van der Waals surface area (Å²) >= 11 is 0. The fourth-order valence-corrected chi connectivity index (χ4v) is 9.00. The standard InChI is InChI=1S/C63H115NO5/c1-4-7-10-13-16-19-22-25-28-31-33-36-39-42-45-48-51-54-59(69-63(68)56-53-50-47-44-41-38-35-32-29-26-23-20-17-14-11-8-5-2)57-62(67)64-60(58-65)61(66)55-52-49-46-43-40-37-34-30-27-24-21-18-15-12-9-6-3/h16-17,19-20,25-26,28-29,35,38,59-61,65-66H,4-15,18,21-24,27,30-34,36-37,39-58H2,1-3H3,(H,64,67)/b19-16-,20-17-,28-25-,29-26-,38-35-. The van der Waals surface area contributed by atoms with Crippen LogP contribution in [0.3, 0.4) is 0 Å². The van der Waals surface area contributed by atoms with Gasteiger partial charge in [-0.1, -0.05) is 255 Å². The number of aliphatic hydroxyl groups excluding tert-OH is 2. The summed E-state index contributed by atoms with van der Waals surface area (Å²) in [4.78, 5) is 26.3. The number of amides is 1. The largest absolute Gasteiger partial charge is 0.462 e. The van der Waals surface area contributed by atoms with Crippen molar-refractivity contribution in [2.24, 2.45) is 0 Å². The number of hydrogen-bond acceptors (Lipinski definition) is 5. The summed E-state index contributed by atoms with van der Waals surface area (Å²) in [7, 11) is 0. The van der Waals surface area contributed by atoms with Crippen molar-refractivity contribution in [2.45, 2.75) is 322 Å². The molecule has 0 aliphatic carbocycles. The predicted octanol–water partition coefficient (Wildman–Crippen LogP) is 18.7. The minimum atomic E-state index is -0.797. The molecule has 6 heteroatoms. The van der Waals surface area contributed by atoms with Gasteiger partial charge in [-0.25, -0.2) is 0 Å². The van der Waals surface area contributed by atoms with Gasteiger partial charge < -0.3 is 20.3 Å². The van der Waals surface area contributed by atoms with E-state index in [1.807, 2.05) is 0 Å². The van der Waals surface area contributed by atoms with Crippen molar-refractivity contribution in [3.63, 3.8) is 0 Å². The van der Waals surface area contributed by atoms with E-state index in [-0.39, 0.29) is 24.9 Å². The fourth-order valence-electron chi connectivity index (χ4n) is 9.00. The number of ether oxygens (including phenoxy) is 1. The number of rotatable bonds is 54. The third-order valence-electron chi connectivity index (χ3n) is 13.6. The Hall–Kier alpha value is -2.44. The summed E-state index contributed by atoms with van der Waals surface area (Å²) in [6.45, 7) is 6.46. The summed E-state index contributed by atoms with van der Waals surface area (Å²) < 4.78 is 5.96. The average Bonchev–Trinajstić information content (AvgIpc) is 3.34. The normalized spacial score (nSPS) is 13.5. The molecule has 402 valence electrons. The molecule has 0 heterocycles. The van der Waals surface area contributed by atoms with Crippen LogP contribution in [0.5, 0.6) is 0 Å². The maximum absolute atomic E-state index is 13.3. The lowest BCUT2D eigenvalue weighted by atomic mass is 10.0. The molecule has 0 fully saturated rings. The first-order chi connectivity index (χ1) is 34.0. The predicted molar refractivity (Wildman–Crippen MR) is 301 cm³/mol. The van der Waals surface area contributed by atoms with E-state index in [0.29, 0.717) is 19.3 Å². The van der Waals surface area contributed by atoms with Gasteiger partial charge in [0.05, 0.1) is 25.2 Å². The molecule has 6 nitrogen and oxygen atoms in total. The molecule has 3 N–H and O–H groups in total. The Morgan fingerprint density at radius 1 is 0.420 bits per heavy atom. The number of esters is 1. The summed E-state index contributed by atoms with van der Waals surface area (Å²) in [5, 5.41) is 23.9. The molecule has 0 rings (SSSR count). The quantitative estimate of drug-likeness (QED) is 0.0321. The van der Waals surface area contributed by atoms with Crippen LogP contribution in [-0.4, -0.2) is 46.9 Å². The number of hydrogen-bond donors (Lipinski definition) is 3. The Labute approximate surface area is 428 Å². The molecule has 0 aromatic carbocycles. The average molecular weight is 967 g/mol. The molecular weight excluding hydrogens is 851 g/mol. The number of aliphatic hydroxyl groups is 2. The van der Waals surface area contributed by atoms with Crippen LogP contribution < -0.4 is 5.32 Å². The van der Waals surface area contributed by atoms with Crippen molar-refractivity contribution < 1.29 is 24.5 Å². The van der Waals surface area contributed by atoms with E-state index in [2.05, 4.69) is 86.8 Å². The number of carbonyl (C=O) groups excluding carboxylic acids is 2. The number of carbonyl (C=O) groups is 2. The maximum Gasteiger partial charge on any atom is 0.306 e. The zero-order valence-electron chi connectivity index (χ0n) is 45.9. The van der Waals surface area contributed by atoms with E-state index in [9.17, 15) is 19.8 Å². The third kappa shape index (κ3) is 51.7. The van der Waals surface area contributed by atoms with E-state index >= 15 is 0 Å². The summed E-state index contributed by atoms with van der Waals surface area (Å²) in [6, 6.07) is -0.712. The summed E-state index contributed by atoms with van der Waals surface area (Å²) in [5.41, 5.74) is 0. The molecule has 0 saturated heterocycles. The number of allylic oxidation sites excluding steroid dienone is 10. The molecule has 3 atom stereocenters. The topological polar surface area (TPSA) is 95.9 Å². The van der Waals surface area contributed by atoms with Crippen LogP contribution in [0.15, 0.2) is 60.8 Å².